The quantitative estimate of drug-likeness (QED) is 0.476. The van der Waals surface area contributed by atoms with E-state index in [-0.39, 0.29) is 23.5 Å². The molecule has 1 atom stereocenters. The van der Waals surface area contributed by atoms with Gasteiger partial charge in [0.25, 0.3) is 5.56 Å². The lowest BCUT2D eigenvalue weighted by molar-refractivity contribution is -0.143. The van der Waals surface area contributed by atoms with Gasteiger partial charge in [-0.2, -0.15) is 13.2 Å². The number of hydrogen-bond donors (Lipinski definition) is 0. The second-order valence-electron chi connectivity index (χ2n) is 9.35. The Hall–Kier alpha value is -3.41. The zero-order valence-corrected chi connectivity index (χ0v) is 20.9. The fraction of sp³-hybridized carbons (Fsp3) is 0.480. The lowest BCUT2D eigenvalue weighted by Gasteiger charge is -2.40. The summed E-state index contributed by atoms with van der Waals surface area (Å²) in [6.45, 7) is 3.93. The van der Waals surface area contributed by atoms with Crippen molar-refractivity contribution >= 4 is 16.9 Å². The molecule has 1 aliphatic rings. The van der Waals surface area contributed by atoms with Gasteiger partial charge in [-0.15, -0.1) is 0 Å². The maximum absolute atomic E-state index is 14.7. The molecule has 198 valence electrons. The van der Waals surface area contributed by atoms with E-state index in [1.54, 1.807) is 24.9 Å². The van der Waals surface area contributed by atoms with E-state index in [9.17, 15) is 27.2 Å². The Morgan fingerprint density at radius 2 is 1.89 bits per heavy atom. The third kappa shape index (κ3) is 4.81. The van der Waals surface area contributed by atoms with Crippen LogP contribution in [0.4, 0.5) is 17.6 Å². The van der Waals surface area contributed by atoms with E-state index in [0.717, 1.165) is 6.20 Å². The number of carbonyl (C=O) groups is 1. The predicted molar refractivity (Wildman–Crippen MR) is 126 cm³/mol. The molecular weight excluding hydrogens is 494 g/mol. The van der Waals surface area contributed by atoms with Crippen LogP contribution in [0.15, 0.2) is 29.5 Å². The number of carbonyl (C=O) groups excluding carboxylic acids is 1. The summed E-state index contributed by atoms with van der Waals surface area (Å²) in [5.41, 5.74) is -1.77. The first-order chi connectivity index (χ1) is 17.4. The molecular formula is C25H27F4N5O3. The average Bonchev–Trinajstić information content (AvgIpc) is 2.85. The Labute approximate surface area is 210 Å². The number of hydrogen-bond acceptors (Lipinski definition) is 6. The highest BCUT2D eigenvalue weighted by Gasteiger charge is 2.40. The van der Waals surface area contributed by atoms with E-state index in [1.807, 2.05) is 0 Å². The van der Waals surface area contributed by atoms with Crippen LogP contribution < -0.4 is 5.56 Å². The Morgan fingerprint density at radius 3 is 2.49 bits per heavy atom. The number of aryl methyl sites for hydroxylation is 1. The summed E-state index contributed by atoms with van der Waals surface area (Å²) in [6.07, 6.45) is -1.80. The molecule has 0 unspecified atom stereocenters. The number of halogens is 4. The van der Waals surface area contributed by atoms with Crippen molar-refractivity contribution in [1.29, 1.82) is 0 Å². The summed E-state index contributed by atoms with van der Waals surface area (Å²) in [6, 6.07) is 2.89. The Morgan fingerprint density at radius 1 is 1.22 bits per heavy atom. The van der Waals surface area contributed by atoms with Crippen molar-refractivity contribution < 1.29 is 27.1 Å². The highest BCUT2D eigenvalue weighted by Crippen LogP contribution is 2.37. The number of methoxy groups -OCH3 is 1. The van der Waals surface area contributed by atoms with E-state index >= 15 is 0 Å². The van der Waals surface area contributed by atoms with Gasteiger partial charge < -0.3 is 9.64 Å². The molecule has 8 nitrogen and oxygen atoms in total. The standard InChI is InChI=1S/C25H27F4N5O3/c1-14(16-5-8-30-21(20(16)26)25(27,28)29)11-19-17-12-18(23(36)33(3)22(17)32-13-31-19)24(37-4)6-9-34(10-7-24)15(2)35/h5,8,12-14H,6-7,9-11H2,1-4H3/t14-/m0/s1. The third-order valence-electron chi connectivity index (χ3n) is 7.20. The molecule has 0 aromatic carbocycles. The van der Waals surface area contributed by atoms with Crippen LogP contribution in [0.25, 0.3) is 11.0 Å². The molecule has 1 fully saturated rings. The predicted octanol–water partition coefficient (Wildman–Crippen LogP) is 3.71. The largest absolute Gasteiger partial charge is 0.436 e. The zero-order chi connectivity index (χ0) is 27.1. The summed E-state index contributed by atoms with van der Waals surface area (Å²) >= 11 is 0. The van der Waals surface area contributed by atoms with Crippen molar-refractivity contribution in [3.05, 3.63) is 63.3 Å². The number of rotatable bonds is 5. The van der Waals surface area contributed by atoms with E-state index in [4.69, 9.17) is 4.74 Å². The number of fused-ring (bicyclic) bond motifs is 1. The SMILES string of the molecule is COC1(c2cc3c(C[C@H](C)c4ccnc(C(F)(F)F)c4F)ncnc3n(C)c2=O)CCN(C(C)=O)CC1. The first-order valence-electron chi connectivity index (χ1n) is 11.8. The fourth-order valence-corrected chi connectivity index (χ4v) is 5.01. The second-order valence-corrected chi connectivity index (χ2v) is 9.35. The van der Waals surface area contributed by atoms with Crippen LogP contribution >= 0.6 is 0 Å². The molecule has 3 aromatic heterocycles. The molecule has 4 heterocycles. The molecule has 0 spiro atoms. The number of alkyl halides is 3. The van der Waals surface area contributed by atoms with Crippen LogP contribution in [-0.2, 0) is 34.8 Å². The summed E-state index contributed by atoms with van der Waals surface area (Å²) in [7, 11) is 3.09. The average molecular weight is 522 g/mol. The first kappa shape index (κ1) is 26.6. The Kier molecular flexibility index (Phi) is 7.06. The molecule has 1 aliphatic heterocycles. The molecule has 12 heteroatoms. The van der Waals surface area contributed by atoms with Gasteiger partial charge in [0.15, 0.2) is 11.5 Å². The highest BCUT2D eigenvalue weighted by atomic mass is 19.4. The van der Waals surface area contributed by atoms with E-state index in [0.29, 0.717) is 48.2 Å². The van der Waals surface area contributed by atoms with Crippen LogP contribution in [0.2, 0.25) is 0 Å². The summed E-state index contributed by atoms with van der Waals surface area (Å²) in [4.78, 5) is 38.6. The van der Waals surface area contributed by atoms with Crippen LogP contribution in [0.5, 0.6) is 0 Å². The fourth-order valence-electron chi connectivity index (χ4n) is 5.01. The van der Waals surface area contributed by atoms with Crippen molar-refractivity contribution in [3.8, 4) is 0 Å². The van der Waals surface area contributed by atoms with Crippen molar-refractivity contribution in [2.45, 2.75) is 50.8 Å². The molecule has 0 bridgehead atoms. The number of ether oxygens (including phenoxy) is 1. The van der Waals surface area contributed by atoms with E-state index in [1.165, 1.54) is 31.0 Å². The van der Waals surface area contributed by atoms with Crippen LogP contribution in [0.1, 0.15) is 55.1 Å². The maximum atomic E-state index is 14.7. The van der Waals surface area contributed by atoms with Gasteiger partial charge in [0.05, 0.1) is 11.3 Å². The Balaban J connectivity index is 1.77. The van der Waals surface area contributed by atoms with E-state index < -0.39 is 29.2 Å². The van der Waals surface area contributed by atoms with Crippen molar-refractivity contribution in [2.75, 3.05) is 20.2 Å². The number of aromatic nitrogens is 4. The number of piperidine rings is 1. The molecule has 4 rings (SSSR count). The molecule has 3 aromatic rings. The molecule has 0 aliphatic carbocycles. The van der Waals surface area contributed by atoms with Crippen molar-refractivity contribution in [1.82, 2.24) is 24.4 Å². The third-order valence-corrected chi connectivity index (χ3v) is 7.20. The normalized spacial score (nSPS) is 16.7. The lowest BCUT2D eigenvalue weighted by atomic mass is 9.84. The minimum absolute atomic E-state index is 0.0576. The monoisotopic (exact) mass is 521 g/mol. The summed E-state index contributed by atoms with van der Waals surface area (Å²) in [5, 5.41) is 0.516. The van der Waals surface area contributed by atoms with Crippen LogP contribution in [0.3, 0.4) is 0 Å². The minimum atomic E-state index is -4.92. The smallest absolute Gasteiger partial charge is 0.373 e. The maximum Gasteiger partial charge on any atom is 0.436 e. The molecule has 0 saturated carbocycles. The molecule has 0 radical (unpaired) electrons. The van der Waals surface area contributed by atoms with Gasteiger partial charge in [-0.25, -0.2) is 19.3 Å². The van der Waals surface area contributed by atoms with Gasteiger partial charge in [-0.05, 0) is 42.9 Å². The summed E-state index contributed by atoms with van der Waals surface area (Å²) in [5.74, 6) is -2.15. The van der Waals surface area contributed by atoms with Gasteiger partial charge in [-0.1, -0.05) is 6.92 Å². The second kappa shape index (κ2) is 9.81. The Bertz CT molecular complexity index is 1400. The van der Waals surface area contributed by atoms with Crippen molar-refractivity contribution in [2.24, 2.45) is 7.05 Å². The van der Waals surface area contributed by atoms with E-state index in [2.05, 4.69) is 15.0 Å². The topological polar surface area (TPSA) is 90.2 Å². The van der Waals surface area contributed by atoms with Gasteiger partial charge in [0, 0.05) is 45.8 Å². The lowest BCUT2D eigenvalue weighted by Crippen LogP contribution is -2.48. The number of pyridine rings is 2. The van der Waals surface area contributed by atoms with Crippen LogP contribution in [-0.4, -0.2) is 50.5 Å². The molecule has 1 amide bonds. The minimum Gasteiger partial charge on any atom is -0.373 e. The van der Waals surface area contributed by atoms with Crippen LogP contribution in [0, 0.1) is 5.82 Å². The number of likely N-dealkylation sites (tertiary alicyclic amines) is 1. The number of nitrogens with zero attached hydrogens (tertiary/aromatic N) is 5. The van der Waals surface area contributed by atoms with Gasteiger partial charge >= 0.3 is 6.18 Å². The summed E-state index contributed by atoms with van der Waals surface area (Å²) < 4.78 is 61.5. The van der Waals surface area contributed by atoms with Gasteiger partial charge in [-0.3, -0.25) is 14.2 Å². The highest BCUT2D eigenvalue weighted by molar-refractivity contribution is 5.78. The van der Waals surface area contributed by atoms with Crippen molar-refractivity contribution in [3.63, 3.8) is 0 Å². The van der Waals surface area contributed by atoms with Gasteiger partial charge in [0.2, 0.25) is 5.91 Å². The number of amides is 1. The zero-order valence-electron chi connectivity index (χ0n) is 20.9. The molecule has 0 N–H and O–H groups in total. The molecule has 1 saturated heterocycles. The van der Waals surface area contributed by atoms with Gasteiger partial charge in [0.1, 0.15) is 17.6 Å². The first-order valence-corrected chi connectivity index (χ1v) is 11.8. The molecule has 37 heavy (non-hydrogen) atoms.